The van der Waals surface area contributed by atoms with E-state index >= 15 is 0 Å². The van der Waals surface area contributed by atoms with Crippen molar-refractivity contribution >= 4 is 34.3 Å². The lowest BCUT2D eigenvalue weighted by Gasteiger charge is -2.28. The van der Waals surface area contributed by atoms with Gasteiger partial charge in [-0.2, -0.15) is 0 Å². The van der Waals surface area contributed by atoms with E-state index in [-0.39, 0.29) is 24.1 Å². The molecule has 2 heterocycles. The maximum Gasteiger partial charge on any atom is 0.340 e. The number of fused-ring (bicyclic) bond motifs is 1. The second kappa shape index (κ2) is 8.02. The van der Waals surface area contributed by atoms with Crippen molar-refractivity contribution in [3.8, 4) is 0 Å². The number of ketones is 1. The Morgan fingerprint density at radius 1 is 1.00 bits per heavy atom. The van der Waals surface area contributed by atoms with Crippen molar-refractivity contribution in [3.63, 3.8) is 0 Å². The summed E-state index contributed by atoms with van der Waals surface area (Å²) in [5.74, 6) is -0.140. The highest BCUT2D eigenvalue weighted by atomic mass is 16.2. The molecule has 0 spiro atoms. The van der Waals surface area contributed by atoms with Crippen LogP contribution in [0.3, 0.4) is 0 Å². The molecular weight excluding hydrogens is 380 g/mol. The van der Waals surface area contributed by atoms with Gasteiger partial charge in [0.1, 0.15) is 0 Å². The smallest absolute Gasteiger partial charge is 0.340 e. The van der Waals surface area contributed by atoms with Crippen LogP contribution < -0.4 is 5.32 Å². The van der Waals surface area contributed by atoms with Gasteiger partial charge in [0.2, 0.25) is 5.91 Å². The van der Waals surface area contributed by atoms with Crippen LogP contribution in [-0.4, -0.2) is 45.8 Å². The van der Waals surface area contributed by atoms with Gasteiger partial charge < -0.3 is 10.3 Å². The van der Waals surface area contributed by atoms with Gasteiger partial charge in [-0.3, -0.25) is 9.59 Å². The molecule has 3 amide bonds. The summed E-state index contributed by atoms with van der Waals surface area (Å²) in [5, 5.41) is 6.83. The van der Waals surface area contributed by atoms with Crippen molar-refractivity contribution in [1.82, 2.24) is 15.0 Å². The minimum absolute atomic E-state index is 0.0308. The monoisotopic (exact) mass is 404 g/mol. The number of H-pyrrole nitrogens is 1. The Balaban J connectivity index is 1.47. The van der Waals surface area contributed by atoms with E-state index in [4.69, 9.17) is 0 Å². The van der Waals surface area contributed by atoms with Crippen molar-refractivity contribution in [3.05, 3.63) is 65.4 Å². The summed E-state index contributed by atoms with van der Waals surface area (Å²) < 4.78 is 0. The number of hydrazine groups is 1. The average molecular weight is 404 g/mol. The van der Waals surface area contributed by atoms with Crippen LogP contribution in [0, 0.1) is 6.92 Å². The van der Waals surface area contributed by atoms with Gasteiger partial charge >= 0.3 is 6.03 Å². The molecule has 4 rings (SSSR count). The molecule has 0 atom stereocenters. The minimum Gasteiger partial charge on any atom is -0.358 e. The molecule has 0 saturated carbocycles. The number of carbonyl (C=O) groups excluding carboxylic acids is 3. The van der Waals surface area contributed by atoms with Gasteiger partial charge in [-0.25, -0.2) is 14.8 Å². The van der Waals surface area contributed by atoms with Crippen molar-refractivity contribution in [2.45, 2.75) is 26.7 Å². The highest BCUT2D eigenvalue weighted by Crippen LogP contribution is 2.24. The third kappa shape index (κ3) is 3.78. The zero-order chi connectivity index (χ0) is 21.3. The van der Waals surface area contributed by atoms with Crippen molar-refractivity contribution in [2.24, 2.45) is 0 Å². The lowest BCUT2D eigenvalue weighted by atomic mass is 10.1. The van der Waals surface area contributed by atoms with Crippen molar-refractivity contribution in [2.75, 3.05) is 18.4 Å². The topological polar surface area (TPSA) is 85.5 Å². The summed E-state index contributed by atoms with van der Waals surface area (Å²) in [6.45, 7) is 4.45. The molecule has 7 heteroatoms. The van der Waals surface area contributed by atoms with E-state index in [0.29, 0.717) is 24.3 Å². The minimum atomic E-state index is -0.355. The predicted molar refractivity (Wildman–Crippen MR) is 115 cm³/mol. The number of amides is 3. The van der Waals surface area contributed by atoms with E-state index in [0.717, 1.165) is 28.6 Å². The molecule has 0 bridgehead atoms. The normalized spacial score (nSPS) is 13.7. The van der Waals surface area contributed by atoms with Crippen LogP contribution in [0.1, 0.15) is 35.0 Å². The molecule has 0 radical (unpaired) electrons. The number of nitrogens with zero attached hydrogens (tertiary/aromatic N) is 2. The summed E-state index contributed by atoms with van der Waals surface area (Å²) in [5.41, 5.74) is 4.09. The number of rotatable bonds is 4. The number of urea groups is 1. The fourth-order valence-electron chi connectivity index (χ4n) is 3.86. The van der Waals surface area contributed by atoms with Crippen LogP contribution in [0.25, 0.3) is 10.9 Å². The molecule has 1 fully saturated rings. The molecule has 1 aliphatic rings. The second-order valence-corrected chi connectivity index (χ2v) is 7.51. The number of anilines is 1. The molecular formula is C23H24N4O3. The first-order valence-corrected chi connectivity index (χ1v) is 10.00. The lowest BCUT2D eigenvalue weighted by Crippen LogP contribution is -2.47. The number of Topliss-reactive ketones (excluding diaryl/α,β-unsaturated/α-hetero) is 1. The number of carbonyl (C=O) groups is 3. The van der Waals surface area contributed by atoms with E-state index in [1.807, 2.05) is 31.2 Å². The SMILES string of the molecule is CC(=O)c1ccc(NC(=O)N2CCCN2C(=O)Cc2c(C)[nH]c3ccccc23)cc1. The first-order valence-electron chi connectivity index (χ1n) is 10.00. The van der Waals surface area contributed by atoms with Crippen LogP contribution in [0.2, 0.25) is 0 Å². The summed E-state index contributed by atoms with van der Waals surface area (Å²) in [4.78, 5) is 40.5. The van der Waals surface area contributed by atoms with Crippen LogP contribution in [0.4, 0.5) is 10.5 Å². The molecule has 3 aromatic rings. The van der Waals surface area contributed by atoms with E-state index < -0.39 is 0 Å². The molecule has 0 aliphatic carbocycles. The maximum absolute atomic E-state index is 13.0. The van der Waals surface area contributed by atoms with Gasteiger partial charge in [0.25, 0.3) is 0 Å². The predicted octanol–water partition coefficient (Wildman–Crippen LogP) is 3.90. The van der Waals surface area contributed by atoms with E-state index in [9.17, 15) is 14.4 Å². The number of aromatic amines is 1. The third-order valence-corrected chi connectivity index (χ3v) is 5.45. The Morgan fingerprint density at radius 2 is 1.70 bits per heavy atom. The summed E-state index contributed by atoms with van der Waals surface area (Å²) in [7, 11) is 0. The molecule has 7 nitrogen and oxygen atoms in total. The van der Waals surface area contributed by atoms with Gasteiger partial charge in [-0.15, -0.1) is 0 Å². The number of para-hydroxylation sites is 1. The fourth-order valence-corrected chi connectivity index (χ4v) is 3.86. The quantitative estimate of drug-likeness (QED) is 0.647. The van der Waals surface area contributed by atoms with Crippen molar-refractivity contribution < 1.29 is 14.4 Å². The molecule has 1 saturated heterocycles. The molecule has 30 heavy (non-hydrogen) atoms. The van der Waals surface area contributed by atoms with E-state index in [2.05, 4.69) is 10.3 Å². The summed E-state index contributed by atoms with van der Waals surface area (Å²) >= 11 is 0. The fraction of sp³-hybridized carbons (Fsp3) is 0.261. The standard InChI is InChI=1S/C23H24N4O3/c1-15-20(19-6-3-4-7-21(19)24-15)14-22(29)26-12-5-13-27(26)23(30)25-18-10-8-17(9-11-18)16(2)28/h3-4,6-11,24H,5,12-14H2,1-2H3,(H,25,30). The number of aryl methyl sites for hydroxylation is 1. The van der Waals surface area contributed by atoms with Crippen LogP contribution in [-0.2, 0) is 11.2 Å². The van der Waals surface area contributed by atoms with Gasteiger partial charge in [0.15, 0.2) is 5.78 Å². The Kier molecular flexibility index (Phi) is 5.27. The Labute approximate surface area is 174 Å². The van der Waals surface area contributed by atoms with Crippen molar-refractivity contribution in [1.29, 1.82) is 0 Å². The maximum atomic E-state index is 13.0. The first-order chi connectivity index (χ1) is 14.4. The number of hydrogen-bond acceptors (Lipinski definition) is 3. The van der Waals surface area contributed by atoms with Crippen LogP contribution >= 0.6 is 0 Å². The zero-order valence-corrected chi connectivity index (χ0v) is 17.1. The van der Waals surface area contributed by atoms with E-state index in [1.54, 1.807) is 24.3 Å². The van der Waals surface area contributed by atoms with Crippen LogP contribution in [0.15, 0.2) is 48.5 Å². The van der Waals surface area contributed by atoms with Gasteiger partial charge in [0, 0.05) is 40.9 Å². The molecule has 154 valence electrons. The van der Waals surface area contributed by atoms with Gasteiger partial charge in [0.05, 0.1) is 6.42 Å². The number of aromatic nitrogens is 1. The Hall–Kier alpha value is -3.61. The Bertz CT molecular complexity index is 1120. The lowest BCUT2D eigenvalue weighted by molar-refractivity contribution is -0.139. The molecule has 2 aromatic carbocycles. The van der Waals surface area contributed by atoms with Gasteiger partial charge in [-0.05, 0) is 56.2 Å². The third-order valence-electron chi connectivity index (χ3n) is 5.45. The molecule has 1 aliphatic heterocycles. The van der Waals surface area contributed by atoms with E-state index in [1.165, 1.54) is 16.9 Å². The number of benzene rings is 2. The second-order valence-electron chi connectivity index (χ2n) is 7.51. The first kappa shape index (κ1) is 19.7. The molecule has 1 aromatic heterocycles. The number of hydrogen-bond donors (Lipinski definition) is 2. The average Bonchev–Trinajstić information content (AvgIpc) is 3.34. The summed E-state index contributed by atoms with van der Waals surface area (Å²) in [6.07, 6.45) is 0.961. The zero-order valence-electron chi connectivity index (χ0n) is 17.1. The molecule has 0 unspecified atom stereocenters. The highest BCUT2D eigenvalue weighted by Gasteiger charge is 2.31. The van der Waals surface area contributed by atoms with Gasteiger partial charge in [-0.1, -0.05) is 18.2 Å². The molecule has 2 N–H and O–H groups in total. The highest BCUT2D eigenvalue weighted by molar-refractivity contribution is 5.96. The largest absolute Gasteiger partial charge is 0.358 e. The van der Waals surface area contributed by atoms with Crippen LogP contribution in [0.5, 0.6) is 0 Å². The summed E-state index contributed by atoms with van der Waals surface area (Å²) in [6, 6.07) is 14.3. The Morgan fingerprint density at radius 3 is 2.43 bits per heavy atom. The number of nitrogens with one attached hydrogen (secondary N) is 2.